The molecule has 0 aliphatic heterocycles. The molecule has 1 aromatic heterocycles. The van der Waals surface area contributed by atoms with Gasteiger partial charge in [-0.25, -0.2) is 0 Å². The second-order valence-corrected chi connectivity index (χ2v) is 7.24. The minimum Gasteiger partial charge on any atom is -0.339 e. The Kier molecular flexibility index (Phi) is 3.85. The first-order valence-electron chi connectivity index (χ1n) is 8.17. The molecule has 1 aromatic rings. The standard InChI is InChI=1S/C16H27N3O/c1-11-5-7-16(10-17,8-6-11)15-18-14(19-20-15)13-4-3-12(2)9-13/h11-13H,3-10,17H2,1-2H3. The maximum absolute atomic E-state index is 6.07. The fourth-order valence-corrected chi connectivity index (χ4v) is 3.88. The summed E-state index contributed by atoms with van der Waals surface area (Å²) in [5.41, 5.74) is 6.02. The van der Waals surface area contributed by atoms with Gasteiger partial charge in [0.2, 0.25) is 5.89 Å². The first-order chi connectivity index (χ1) is 9.63. The Morgan fingerprint density at radius 1 is 1.15 bits per heavy atom. The van der Waals surface area contributed by atoms with Crippen LogP contribution < -0.4 is 5.73 Å². The predicted octanol–water partition coefficient (Wildman–Crippen LogP) is 3.38. The summed E-state index contributed by atoms with van der Waals surface area (Å²) in [4.78, 5) is 4.76. The van der Waals surface area contributed by atoms with E-state index in [1.807, 2.05) is 0 Å². The van der Waals surface area contributed by atoms with Crippen molar-refractivity contribution in [2.45, 2.75) is 70.1 Å². The van der Waals surface area contributed by atoms with Crippen molar-refractivity contribution in [2.75, 3.05) is 6.54 Å². The summed E-state index contributed by atoms with van der Waals surface area (Å²) in [5.74, 6) is 3.82. The molecule has 3 rings (SSSR count). The summed E-state index contributed by atoms with van der Waals surface area (Å²) in [6, 6.07) is 0. The van der Waals surface area contributed by atoms with Crippen LogP contribution in [0.25, 0.3) is 0 Å². The Bertz CT molecular complexity index is 448. The number of nitrogens with two attached hydrogens (primary N) is 1. The molecule has 0 spiro atoms. The van der Waals surface area contributed by atoms with Gasteiger partial charge in [0.05, 0.1) is 5.41 Å². The second kappa shape index (κ2) is 5.47. The largest absolute Gasteiger partial charge is 0.339 e. The van der Waals surface area contributed by atoms with E-state index in [0.717, 1.165) is 36.4 Å². The lowest BCUT2D eigenvalue weighted by molar-refractivity contribution is 0.191. The molecule has 2 aliphatic rings. The first-order valence-corrected chi connectivity index (χ1v) is 8.17. The zero-order chi connectivity index (χ0) is 14.2. The molecule has 4 heteroatoms. The summed E-state index contributed by atoms with van der Waals surface area (Å²) in [7, 11) is 0. The lowest BCUT2D eigenvalue weighted by Crippen LogP contribution is -2.39. The fraction of sp³-hybridized carbons (Fsp3) is 0.875. The minimum absolute atomic E-state index is 0.0536. The average Bonchev–Trinajstić information content (AvgIpc) is 3.09. The van der Waals surface area contributed by atoms with E-state index < -0.39 is 0 Å². The van der Waals surface area contributed by atoms with Gasteiger partial charge in [-0.3, -0.25) is 0 Å². The lowest BCUT2D eigenvalue weighted by Gasteiger charge is -2.35. The number of aromatic nitrogens is 2. The van der Waals surface area contributed by atoms with Crippen LogP contribution in [0.3, 0.4) is 0 Å². The zero-order valence-electron chi connectivity index (χ0n) is 12.8. The molecule has 2 fully saturated rings. The molecule has 1 heterocycles. The SMILES string of the molecule is CC1CCC(CN)(c2nc(C3CCC(C)C3)no2)CC1. The maximum atomic E-state index is 6.07. The fourth-order valence-electron chi connectivity index (χ4n) is 3.88. The normalized spacial score (nSPS) is 38.2. The molecule has 2 N–H and O–H groups in total. The smallest absolute Gasteiger partial charge is 0.234 e. The number of nitrogens with zero attached hydrogens (tertiary/aromatic N) is 2. The van der Waals surface area contributed by atoms with Gasteiger partial charge in [0.1, 0.15) is 0 Å². The molecule has 0 amide bonds. The molecule has 2 aliphatic carbocycles. The summed E-state index contributed by atoms with van der Waals surface area (Å²) < 4.78 is 5.64. The van der Waals surface area contributed by atoms with Crippen LogP contribution in [0.1, 0.15) is 76.4 Å². The van der Waals surface area contributed by atoms with Crippen LogP contribution in [-0.2, 0) is 5.41 Å². The zero-order valence-corrected chi connectivity index (χ0v) is 12.8. The molecule has 0 radical (unpaired) electrons. The van der Waals surface area contributed by atoms with Gasteiger partial charge in [0.15, 0.2) is 5.82 Å². The van der Waals surface area contributed by atoms with Gasteiger partial charge in [-0.15, -0.1) is 0 Å². The van der Waals surface area contributed by atoms with Crippen molar-refractivity contribution in [3.8, 4) is 0 Å². The highest BCUT2D eigenvalue weighted by atomic mass is 16.5. The quantitative estimate of drug-likeness (QED) is 0.919. The third-order valence-corrected chi connectivity index (χ3v) is 5.58. The van der Waals surface area contributed by atoms with E-state index in [0.29, 0.717) is 12.5 Å². The van der Waals surface area contributed by atoms with Gasteiger partial charge >= 0.3 is 0 Å². The molecular weight excluding hydrogens is 250 g/mol. The molecule has 0 bridgehead atoms. The lowest BCUT2D eigenvalue weighted by atomic mass is 9.71. The average molecular weight is 277 g/mol. The van der Waals surface area contributed by atoms with Crippen molar-refractivity contribution in [2.24, 2.45) is 17.6 Å². The van der Waals surface area contributed by atoms with Crippen molar-refractivity contribution in [3.05, 3.63) is 11.7 Å². The van der Waals surface area contributed by atoms with Crippen LogP contribution >= 0.6 is 0 Å². The van der Waals surface area contributed by atoms with Crippen molar-refractivity contribution < 1.29 is 4.52 Å². The number of rotatable bonds is 3. The van der Waals surface area contributed by atoms with Crippen LogP contribution in [-0.4, -0.2) is 16.7 Å². The van der Waals surface area contributed by atoms with Crippen LogP contribution in [0.15, 0.2) is 4.52 Å². The highest BCUT2D eigenvalue weighted by Crippen LogP contribution is 2.42. The molecule has 112 valence electrons. The third kappa shape index (κ3) is 2.50. The van der Waals surface area contributed by atoms with Crippen LogP contribution in [0, 0.1) is 11.8 Å². The molecular formula is C16H27N3O. The van der Waals surface area contributed by atoms with Crippen LogP contribution in [0.4, 0.5) is 0 Å². The summed E-state index contributed by atoms with van der Waals surface area (Å²) in [6.45, 7) is 5.26. The topological polar surface area (TPSA) is 64.9 Å². The van der Waals surface area contributed by atoms with Crippen LogP contribution in [0.5, 0.6) is 0 Å². The van der Waals surface area contributed by atoms with E-state index in [9.17, 15) is 0 Å². The van der Waals surface area contributed by atoms with Crippen molar-refractivity contribution in [3.63, 3.8) is 0 Å². The van der Waals surface area contributed by atoms with Gasteiger partial charge in [-0.1, -0.05) is 19.0 Å². The molecule has 2 saturated carbocycles. The van der Waals surface area contributed by atoms with Gasteiger partial charge in [-0.05, 0) is 56.8 Å². The minimum atomic E-state index is -0.0536. The van der Waals surface area contributed by atoms with E-state index in [1.54, 1.807) is 0 Å². The Labute approximate surface area is 121 Å². The maximum Gasteiger partial charge on any atom is 0.234 e. The Morgan fingerprint density at radius 3 is 2.50 bits per heavy atom. The molecule has 2 unspecified atom stereocenters. The van der Waals surface area contributed by atoms with Crippen molar-refractivity contribution >= 4 is 0 Å². The summed E-state index contributed by atoms with van der Waals surface area (Å²) in [5, 5.41) is 4.28. The second-order valence-electron chi connectivity index (χ2n) is 7.24. The highest BCUT2D eigenvalue weighted by molar-refractivity contribution is 5.10. The number of hydrogen-bond donors (Lipinski definition) is 1. The van der Waals surface area contributed by atoms with Crippen molar-refractivity contribution in [1.29, 1.82) is 0 Å². The van der Waals surface area contributed by atoms with E-state index in [2.05, 4.69) is 19.0 Å². The van der Waals surface area contributed by atoms with Crippen molar-refractivity contribution in [1.82, 2.24) is 10.1 Å². The molecule has 0 saturated heterocycles. The Balaban J connectivity index is 1.78. The van der Waals surface area contributed by atoms with E-state index >= 15 is 0 Å². The van der Waals surface area contributed by atoms with E-state index in [4.69, 9.17) is 15.2 Å². The highest BCUT2D eigenvalue weighted by Gasteiger charge is 2.40. The monoisotopic (exact) mass is 277 g/mol. The number of hydrogen-bond acceptors (Lipinski definition) is 4. The molecule has 4 nitrogen and oxygen atoms in total. The van der Waals surface area contributed by atoms with Gasteiger partial charge in [0.25, 0.3) is 0 Å². The van der Waals surface area contributed by atoms with E-state index in [1.165, 1.54) is 32.1 Å². The Hall–Kier alpha value is -0.900. The Morgan fingerprint density at radius 2 is 1.90 bits per heavy atom. The van der Waals surface area contributed by atoms with Crippen LogP contribution in [0.2, 0.25) is 0 Å². The molecule has 0 aromatic carbocycles. The molecule has 20 heavy (non-hydrogen) atoms. The van der Waals surface area contributed by atoms with Gasteiger partial charge < -0.3 is 10.3 Å². The summed E-state index contributed by atoms with van der Waals surface area (Å²) in [6.07, 6.45) is 8.30. The van der Waals surface area contributed by atoms with Gasteiger partial charge in [-0.2, -0.15) is 4.98 Å². The molecule has 2 atom stereocenters. The summed E-state index contributed by atoms with van der Waals surface area (Å²) >= 11 is 0. The predicted molar refractivity (Wildman–Crippen MR) is 78.4 cm³/mol. The third-order valence-electron chi connectivity index (χ3n) is 5.58. The first kappa shape index (κ1) is 14.1. The van der Waals surface area contributed by atoms with E-state index in [-0.39, 0.29) is 5.41 Å². The van der Waals surface area contributed by atoms with Gasteiger partial charge in [0, 0.05) is 12.5 Å².